The van der Waals surface area contributed by atoms with Crippen LogP contribution in [0.25, 0.3) is 0 Å². The number of hydrogen-bond acceptors (Lipinski definition) is 4. The average molecular weight is 293 g/mol. The minimum atomic E-state index is -0.602. The van der Waals surface area contributed by atoms with Crippen LogP contribution < -0.4 is 10.8 Å². The van der Waals surface area contributed by atoms with E-state index in [0.29, 0.717) is 11.3 Å². The number of nitrogens with zero attached hydrogens (tertiary/aromatic N) is 1. The number of carbonyl (C=O) groups excluding carboxylic acids is 2. The van der Waals surface area contributed by atoms with Crippen LogP contribution in [-0.2, 0) is 9.53 Å². The van der Waals surface area contributed by atoms with Crippen molar-refractivity contribution in [2.75, 3.05) is 5.32 Å². The molecule has 0 heterocycles. The fraction of sp³-hybridized carbons (Fsp3) is 0.357. The molecule has 0 aliphatic rings. The number of amides is 2. The Labute approximate surface area is 123 Å². The summed E-state index contributed by atoms with van der Waals surface area (Å²) in [6, 6.07) is 6.48. The molecule has 0 atom stereocenters. The van der Waals surface area contributed by atoms with Crippen LogP contribution in [0, 0.1) is 0 Å². The number of rotatable bonds is 2. The Kier molecular flexibility index (Phi) is 5.43. The summed E-state index contributed by atoms with van der Waals surface area (Å²) in [5, 5.41) is 11.6. The minimum absolute atomic E-state index is 0.00432. The van der Waals surface area contributed by atoms with Gasteiger partial charge in [0.05, 0.1) is 0 Å². The maximum absolute atomic E-state index is 11.7. The molecule has 3 N–H and O–H groups in total. The van der Waals surface area contributed by atoms with E-state index < -0.39 is 17.6 Å². The molecule has 1 aromatic rings. The Morgan fingerprint density at radius 2 is 1.95 bits per heavy atom. The Balaban J connectivity index is 2.91. The van der Waals surface area contributed by atoms with E-state index in [-0.39, 0.29) is 5.84 Å². The van der Waals surface area contributed by atoms with Gasteiger partial charge in [0.2, 0.25) is 5.91 Å². The zero-order chi connectivity index (χ0) is 16.0. The second kappa shape index (κ2) is 6.85. The van der Waals surface area contributed by atoms with Crippen LogP contribution in [0.5, 0.6) is 0 Å². The van der Waals surface area contributed by atoms with Crippen molar-refractivity contribution in [3.8, 4) is 0 Å². The Morgan fingerprint density at radius 3 is 2.48 bits per heavy atom. The summed E-state index contributed by atoms with van der Waals surface area (Å²) < 4.78 is 5.13. The predicted molar refractivity (Wildman–Crippen MR) is 78.4 cm³/mol. The maximum Gasteiger partial charge on any atom is 0.412 e. The van der Waals surface area contributed by atoms with E-state index >= 15 is 0 Å². The highest BCUT2D eigenvalue weighted by atomic mass is 16.6. The van der Waals surface area contributed by atoms with Crippen molar-refractivity contribution in [1.29, 1.82) is 0 Å². The molecule has 0 saturated carbocycles. The quantitative estimate of drug-likeness (QED) is 0.441. The molecule has 0 aliphatic carbocycles. The number of hydroxylamine groups is 1. The summed E-state index contributed by atoms with van der Waals surface area (Å²) in [5.41, 5.74) is 2.15. The molecule has 0 saturated heterocycles. The van der Waals surface area contributed by atoms with E-state index in [1.165, 1.54) is 6.92 Å². The van der Waals surface area contributed by atoms with Crippen molar-refractivity contribution in [2.45, 2.75) is 33.3 Å². The van der Waals surface area contributed by atoms with Gasteiger partial charge in [0, 0.05) is 18.2 Å². The van der Waals surface area contributed by atoms with Crippen molar-refractivity contribution < 1.29 is 19.5 Å². The lowest BCUT2D eigenvalue weighted by molar-refractivity contribution is -0.115. The molecule has 7 heteroatoms. The maximum atomic E-state index is 11.7. The molecule has 21 heavy (non-hydrogen) atoms. The summed E-state index contributed by atoms with van der Waals surface area (Å²) >= 11 is 0. The van der Waals surface area contributed by atoms with Crippen molar-refractivity contribution >= 4 is 23.5 Å². The number of ether oxygens (including phenoxy) is 1. The molecule has 1 rings (SSSR count). The Hall–Kier alpha value is -2.41. The van der Waals surface area contributed by atoms with Gasteiger partial charge in [-0.05, 0) is 32.9 Å². The van der Waals surface area contributed by atoms with E-state index in [0.717, 1.165) is 0 Å². The zero-order valence-corrected chi connectivity index (χ0v) is 12.4. The van der Waals surface area contributed by atoms with Gasteiger partial charge >= 0.3 is 6.09 Å². The smallest absolute Gasteiger partial charge is 0.412 e. The number of hydrogen-bond donors (Lipinski definition) is 3. The van der Waals surface area contributed by atoms with E-state index in [2.05, 4.69) is 10.3 Å². The van der Waals surface area contributed by atoms with E-state index in [9.17, 15) is 9.59 Å². The largest absolute Gasteiger partial charge is 0.444 e. The standard InChI is InChI=1S/C14H19N3O4/c1-9(18)15-12(17-20)10-6-5-7-11(8-10)16-13(19)21-14(2,3)4/h5-8,20H,1-4H3,(H,16,19)(H,15,17,18). The third-order valence-corrected chi connectivity index (χ3v) is 2.16. The summed E-state index contributed by atoms with van der Waals surface area (Å²) in [6.07, 6.45) is -0.596. The Bertz CT molecular complexity index is 562. The third kappa shape index (κ3) is 6.05. The molecule has 114 valence electrons. The first kappa shape index (κ1) is 16.6. The van der Waals surface area contributed by atoms with Crippen LogP contribution in [0.1, 0.15) is 33.3 Å². The van der Waals surface area contributed by atoms with Gasteiger partial charge < -0.3 is 4.74 Å². The van der Waals surface area contributed by atoms with E-state index in [4.69, 9.17) is 9.94 Å². The molecule has 2 amide bonds. The fourth-order valence-electron chi connectivity index (χ4n) is 1.48. The number of nitrogens with one attached hydrogen (secondary N) is 2. The van der Waals surface area contributed by atoms with Gasteiger partial charge in [0.25, 0.3) is 0 Å². The minimum Gasteiger partial charge on any atom is -0.444 e. The lowest BCUT2D eigenvalue weighted by atomic mass is 10.2. The van der Waals surface area contributed by atoms with Crippen LogP contribution in [0.2, 0.25) is 0 Å². The topological polar surface area (TPSA) is 100 Å². The summed E-state index contributed by atoms with van der Waals surface area (Å²) in [6.45, 7) is 6.54. The van der Waals surface area contributed by atoms with Crippen LogP contribution in [0.4, 0.5) is 10.5 Å². The first-order chi connectivity index (χ1) is 9.71. The molecule has 0 aliphatic heterocycles. The average Bonchev–Trinajstić information content (AvgIpc) is 2.33. The number of benzene rings is 1. The molecule has 0 spiro atoms. The Morgan fingerprint density at radius 1 is 1.29 bits per heavy atom. The first-order valence-electron chi connectivity index (χ1n) is 6.31. The van der Waals surface area contributed by atoms with Crippen LogP contribution in [-0.4, -0.2) is 28.6 Å². The van der Waals surface area contributed by atoms with E-state index in [1.807, 2.05) is 5.48 Å². The lowest BCUT2D eigenvalue weighted by Gasteiger charge is -2.19. The lowest BCUT2D eigenvalue weighted by Crippen LogP contribution is -2.27. The van der Waals surface area contributed by atoms with Crippen LogP contribution >= 0.6 is 0 Å². The van der Waals surface area contributed by atoms with Gasteiger partial charge in [-0.3, -0.25) is 20.8 Å². The van der Waals surface area contributed by atoms with Crippen molar-refractivity contribution in [3.05, 3.63) is 29.8 Å². The molecule has 0 fully saturated rings. The van der Waals surface area contributed by atoms with Crippen molar-refractivity contribution in [2.24, 2.45) is 4.99 Å². The second-order valence-electron chi connectivity index (χ2n) is 5.30. The van der Waals surface area contributed by atoms with Gasteiger partial charge in [0.15, 0.2) is 5.84 Å². The van der Waals surface area contributed by atoms with Gasteiger partial charge in [-0.2, -0.15) is 4.99 Å². The summed E-state index contributed by atoms with van der Waals surface area (Å²) in [4.78, 5) is 26.3. The van der Waals surface area contributed by atoms with E-state index in [1.54, 1.807) is 45.0 Å². The normalized spacial score (nSPS) is 11.8. The summed E-state index contributed by atoms with van der Waals surface area (Å²) in [5.74, 6) is -0.465. The molecule has 0 radical (unpaired) electrons. The molecular formula is C14H19N3O4. The predicted octanol–water partition coefficient (Wildman–Crippen LogP) is 2.31. The van der Waals surface area contributed by atoms with Gasteiger partial charge in [0.1, 0.15) is 5.60 Å². The molecule has 0 bridgehead atoms. The van der Waals surface area contributed by atoms with Crippen LogP contribution in [0.15, 0.2) is 29.3 Å². The monoisotopic (exact) mass is 293 g/mol. The van der Waals surface area contributed by atoms with Crippen LogP contribution in [0.3, 0.4) is 0 Å². The number of anilines is 1. The highest BCUT2D eigenvalue weighted by Crippen LogP contribution is 2.14. The molecule has 0 unspecified atom stereocenters. The molecule has 1 aromatic carbocycles. The second-order valence-corrected chi connectivity index (χ2v) is 5.30. The number of amidine groups is 1. The highest BCUT2D eigenvalue weighted by molar-refractivity contribution is 6.04. The molecule has 0 aromatic heterocycles. The van der Waals surface area contributed by atoms with Gasteiger partial charge in [-0.1, -0.05) is 12.1 Å². The fourth-order valence-corrected chi connectivity index (χ4v) is 1.48. The summed E-state index contributed by atoms with van der Waals surface area (Å²) in [7, 11) is 0. The van der Waals surface area contributed by atoms with Crippen molar-refractivity contribution in [3.63, 3.8) is 0 Å². The highest BCUT2D eigenvalue weighted by Gasteiger charge is 2.16. The van der Waals surface area contributed by atoms with Gasteiger partial charge in [-0.25, -0.2) is 4.79 Å². The SMILES string of the molecule is CC(=O)/N=C(\NO)c1cccc(NC(=O)OC(C)(C)C)c1. The van der Waals surface area contributed by atoms with Gasteiger partial charge in [-0.15, -0.1) is 0 Å². The number of carbonyl (C=O) groups is 2. The first-order valence-corrected chi connectivity index (χ1v) is 6.31. The molecule has 7 nitrogen and oxygen atoms in total. The number of aliphatic imine (C=N–C) groups is 1. The molecular weight excluding hydrogens is 274 g/mol. The van der Waals surface area contributed by atoms with Crippen molar-refractivity contribution in [1.82, 2.24) is 5.48 Å². The third-order valence-electron chi connectivity index (χ3n) is 2.16. The zero-order valence-electron chi connectivity index (χ0n) is 12.4.